The lowest BCUT2D eigenvalue weighted by Gasteiger charge is -2.16. The number of halogens is 1. The van der Waals surface area contributed by atoms with Crippen LogP contribution in [0.5, 0.6) is 5.75 Å². The molecule has 0 aliphatic carbocycles. The highest BCUT2D eigenvalue weighted by molar-refractivity contribution is 6.30. The highest BCUT2D eigenvalue weighted by atomic mass is 35.5. The Hall–Kier alpha value is -4.83. The van der Waals surface area contributed by atoms with E-state index in [-0.39, 0.29) is 17.4 Å². The maximum atomic E-state index is 12.7. The lowest BCUT2D eigenvalue weighted by Crippen LogP contribution is -2.41. The highest BCUT2D eigenvalue weighted by Crippen LogP contribution is 2.28. The molecule has 1 heterocycles. The SMILES string of the molecule is C[C@@H](Nc1cccc(Cl)c1)c1ccc(-c2ccoc2C(=O)NNC(=O)c2ccc(O)c([N+](=O)[O-])c2)cc1. The normalized spacial score (nSPS) is 11.4. The number of carbonyl (C=O) groups is 2. The zero-order chi connectivity index (χ0) is 26.5. The van der Waals surface area contributed by atoms with Gasteiger partial charge < -0.3 is 14.8 Å². The third kappa shape index (κ3) is 5.88. The lowest BCUT2D eigenvalue weighted by atomic mass is 10.0. The van der Waals surface area contributed by atoms with E-state index in [0.29, 0.717) is 10.6 Å². The van der Waals surface area contributed by atoms with Gasteiger partial charge in [-0.15, -0.1) is 0 Å². The van der Waals surface area contributed by atoms with Crippen LogP contribution in [0.25, 0.3) is 11.1 Å². The molecule has 11 heteroatoms. The van der Waals surface area contributed by atoms with Crippen LogP contribution in [-0.4, -0.2) is 21.8 Å². The van der Waals surface area contributed by atoms with Crippen molar-refractivity contribution in [3.05, 3.63) is 111 Å². The molecule has 4 rings (SSSR count). The molecule has 4 N–H and O–H groups in total. The number of aromatic hydroxyl groups is 1. The second-order valence-corrected chi connectivity index (χ2v) is 8.47. The van der Waals surface area contributed by atoms with Crippen molar-refractivity contribution in [3.63, 3.8) is 0 Å². The number of hydrogen-bond acceptors (Lipinski definition) is 7. The first-order chi connectivity index (χ1) is 17.7. The van der Waals surface area contributed by atoms with Gasteiger partial charge in [0, 0.05) is 33.9 Å². The monoisotopic (exact) mass is 520 g/mol. The van der Waals surface area contributed by atoms with Crippen molar-refractivity contribution < 1.29 is 24.0 Å². The lowest BCUT2D eigenvalue weighted by molar-refractivity contribution is -0.385. The van der Waals surface area contributed by atoms with Crippen molar-refractivity contribution in [1.82, 2.24) is 10.9 Å². The number of nitrogens with one attached hydrogen (secondary N) is 3. The van der Waals surface area contributed by atoms with Gasteiger partial charge in [0.25, 0.3) is 5.91 Å². The van der Waals surface area contributed by atoms with E-state index in [0.717, 1.165) is 28.9 Å². The van der Waals surface area contributed by atoms with E-state index in [1.807, 2.05) is 49.4 Å². The van der Waals surface area contributed by atoms with Crippen molar-refractivity contribution >= 4 is 34.8 Å². The molecule has 0 saturated carbocycles. The Kier molecular flexibility index (Phi) is 7.40. The Bertz CT molecular complexity index is 1470. The van der Waals surface area contributed by atoms with Gasteiger partial charge in [0.15, 0.2) is 5.75 Å². The van der Waals surface area contributed by atoms with Gasteiger partial charge in [0.1, 0.15) is 0 Å². The zero-order valence-electron chi connectivity index (χ0n) is 19.4. The third-order valence-electron chi connectivity index (χ3n) is 5.52. The van der Waals surface area contributed by atoms with Crippen LogP contribution in [-0.2, 0) is 0 Å². The minimum absolute atomic E-state index is 0.00873. The van der Waals surface area contributed by atoms with Gasteiger partial charge in [-0.3, -0.25) is 30.6 Å². The van der Waals surface area contributed by atoms with Gasteiger partial charge in [0.05, 0.1) is 11.2 Å². The number of benzene rings is 3. The summed E-state index contributed by atoms with van der Waals surface area (Å²) in [5.41, 5.74) is 6.79. The standard InChI is InChI=1S/C26H21ClN4O6/c1-15(28-20-4-2-3-19(27)14-20)16-5-7-17(8-6-16)21-11-12-37-24(21)26(34)30-29-25(33)18-9-10-23(32)22(13-18)31(35)36/h2-15,28,32H,1H3,(H,29,33)(H,30,34)/t15-/m1/s1. The molecule has 0 unspecified atom stereocenters. The summed E-state index contributed by atoms with van der Waals surface area (Å²) in [6.07, 6.45) is 1.35. The number of phenols is 1. The summed E-state index contributed by atoms with van der Waals surface area (Å²) in [5.74, 6) is -2.14. The van der Waals surface area contributed by atoms with Crippen molar-refractivity contribution in [3.8, 4) is 16.9 Å². The van der Waals surface area contributed by atoms with Gasteiger partial charge in [-0.1, -0.05) is 41.9 Å². The molecule has 1 aromatic heterocycles. The van der Waals surface area contributed by atoms with Crippen molar-refractivity contribution in [2.24, 2.45) is 0 Å². The van der Waals surface area contributed by atoms with Crippen molar-refractivity contribution in [2.75, 3.05) is 5.32 Å². The molecule has 0 fully saturated rings. The summed E-state index contributed by atoms with van der Waals surface area (Å²) in [4.78, 5) is 35.2. The second kappa shape index (κ2) is 10.8. The molecule has 0 bridgehead atoms. The first-order valence-electron chi connectivity index (χ1n) is 11.0. The molecule has 188 valence electrons. The predicted molar refractivity (Wildman–Crippen MR) is 137 cm³/mol. The van der Waals surface area contributed by atoms with E-state index < -0.39 is 28.2 Å². The molecule has 3 aromatic carbocycles. The number of hydrogen-bond donors (Lipinski definition) is 4. The summed E-state index contributed by atoms with van der Waals surface area (Å²) in [5, 5.41) is 24.5. The van der Waals surface area contributed by atoms with Crippen LogP contribution >= 0.6 is 11.6 Å². The van der Waals surface area contributed by atoms with Crippen LogP contribution in [0.1, 0.15) is 39.4 Å². The highest BCUT2D eigenvalue weighted by Gasteiger charge is 2.20. The Labute approximate surface area is 216 Å². The maximum Gasteiger partial charge on any atom is 0.311 e. The Balaban J connectivity index is 1.42. The minimum Gasteiger partial charge on any atom is -0.502 e. The van der Waals surface area contributed by atoms with Crippen LogP contribution in [0, 0.1) is 10.1 Å². The summed E-state index contributed by atoms with van der Waals surface area (Å²) >= 11 is 6.05. The predicted octanol–water partition coefficient (Wildman–Crippen LogP) is 5.46. The van der Waals surface area contributed by atoms with Crippen LogP contribution in [0.15, 0.2) is 83.5 Å². The molecule has 0 aliphatic rings. The van der Waals surface area contributed by atoms with Crippen LogP contribution < -0.4 is 16.2 Å². The number of furan rings is 1. The minimum atomic E-state index is -0.820. The van der Waals surface area contributed by atoms with E-state index in [9.17, 15) is 24.8 Å². The average Bonchev–Trinajstić information content (AvgIpc) is 3.37. The summed E-state index contributed by atoms with van der Waals surface area (Å²) in [6, 6.07) is 19.7. The topological polar surface area (TPSA) is 147 Å². The first-order valence-corrected chi connectivity index (χ1v) is 11.4. The number of nitrogens with zero attached hydrogens (tertiary/aromatic N) is 1. The fourth-order valence-electron chi connectivity index (χ4n) is 3.63. The molecule has 37 heavy (non-hydrogen) atoms. The molecule has 1 atom stereocenters. The number of amides is 2. The number of rotatable bonds is 7. The van der Waals surface area contributed by atoms with Gasteiger partial charge in [-0.05, 0) is 54.4 Å². The molecular weight excluding hydrogens is 500 g/mol. The molecular formula is C26H21ClN4O6. The Morgan fingerprint density at radius 2 is 1.73 bits per heavy atom. The van der Waals surface area contributed by atoms with Crippen molar-refractivity contribution in [2.45, 2.75) is 13.0 Å². The molecule has 0 aliphatic heterocycles. The van der Waals surface area contributed by atoms with Gasteiger partial charge >= 0.3 is 11.6 Å². The first kappa shape index (κ1) is 25.3. The second-order valence-electron chi connectivity index (χ2n) is 8.03. The zero-order valence-corrected chi connectivity index (χ0v) is 20.2. The number of nitro benzene ring substituents is 1. The molecule has 10 nitrogen and oxygen atoms in total. The van der Waals surface area contributed by atoms with E-state index in [1.54, 1.807) is 12.1 Å². The maximum absolute atomic E-state index is 12.7. The largest absolute Gasteiger partial charge is 0.502 e. The molecule has 0 saturated heterocycles. The van der Waals surface area contributed by atoms with Gasteiger partial charge in [0.2, 0.25) is 5.76 Å². The molecule has 4 aromatic rings. The van der Waals surface area contributed by atoms with E-state index in [4.69, 9.17) is 16.0 Å². The van der Waals surface area contributed by atoms with E-state index >= 15 is 0 Å². The van der Waals surface area contributed by atoms with E-state index in [1.165, 1.54) is 12.3 Å². The molecule has 2 amide bonds. The van der Waals surface area contributed by atoms with Crippen molar-refractivity contribution in [1.29, 1.82) is 0 Å². The van der Waals surface area contributed by atoms with Gasteiger partial charge in [-0.25, -0.2) is 0 Å². The van der Waals surface area contributed by atoms with Crippen LogP contribution in [0.2, 0.25) is 5.02 Å². The number of nitro groups is 1. The Morgan fingerprint density at radius 3 is 2.43 bits per heavy atom. The Morgan fingerprint density at radius 1 is 1.00 bits per heavy atom. The van der Waals surface area contributed by atoms with E-state index in [2.05, 4.69) is 16.2 Å². The number of phenolic OH excluding ortho intramolecular Hbond substituents is 1. The summed E-state index contributed by atoms with van der Waals surface area (Å²) in [6.45, 7) is 2.01. The summed E-state index contributed by atoms with van der Waals surface area (Å²) < 4.78 is 5.34. The van der Waals surface area contributed by atoms with Crippen LogP contribution in [0.3, 0.4) is 0 Å². The average molecular weight is 521 g/mol. The molecule has 0 radical (unpaired) electrons. The summed E-state index contributed by atoms with van der Waals surface area (Å²) in [7, 11) is 0. The third-order valence-corrected chi connectivity index (χ3v) is 5.76. The number of carbonyl (C=O) groups excluding carboxylic acids is 2. The number of hydrazine groups is 1. The fourth-order valence-corrected chi connectivity index (χ4v) is 3.82. The van der Waals surface area contributed by atoms with Crippen LogP contribution in [0.4, 0.5) is 11.4 Å². The fraction of sp³-hybridized carbons (Fsp3) is 0.0769. The number of anilines is 1. The van der Waals surface area contributed by atoms with Gasteiger partial charge in [-0.2, -0.15) is 0 Å². The smallest absolute Gasteiger partial charge is 0.311 e. The molecule has 0 spiro atoms. The quantitative estimate of drug-likeness (QED) is 0.187.